The SMILES string of the molecule is N#CC1(C#N)C(c2ccccc2C(F)(F)F)C(C(=O)c2cccs2)N2C=Cc3ccccc3C21. The van der Waals surface area contributed by atoms with Crippen molar-refractivity contribution in [1.29, 1.82) is 10.5 Å². The van der Waals surface area contributed by atoms with E-state index in [0.717, 1.165) is 11.6 Å². The summed E-state index contributed by atoms with van der Waals surface area (Å²) >= 11 is 1.18. The quantitative estimate of drug-likeness (QED) is 0.425. The first-order chi connectivity index (χ1) is 16.3. The van der Waals surface area contributed by atoms with Crippen LogP contribution in [0.25, 0.3) is 6.08 Å². The van der Waals surface area contributed by atoms with E-state index in [-0.39, 0.29) is 5.56 Å². The molecular formula is C26H16F3N3OS. The minimum absolute atomic E-state index is 0.228. The topological polar surface area (TPSA) is 67.9 Å². The van der Waals surface area contributed by atoms with Crippen molar-refractivity contribution in [3.8, 4) is 12.1 Å². The highest BCUT2D eigenvalue weighted by Gasteiger charge is 2.64. The van der Waals surface area contributed by atoms with Crippen LogP contribution in [0.1, 0.15) is 43.9 Å². The zero-order chi connectivity index (χ0) is 24.1. The predicted molar refractivity (Wildman–Crippen MR) is 120 cm³/mol. The summed E-state index contributed by atoms with van der Waals surface area (Å²) in [6.45, 7) is 0. The second-order valence-electron chi connectivity index (χ2n) is 8.24. The number of hydrogen-bond acceptors (Lipinski definition) is 5. The number of hydrogen-bond donors (Lipinski definition) is 0. The van der Waals surface area contributed by atoms with Crippen molar-refractivity contribution >= 4 is 23.2 Å². The number of ketones is 1. The van der Waals surface area contributed by atoms with E-state index in [0.29, 0.717) is 10.4 Å². The first kappa shape index (κ1) is 21.9. The molecule has 0 amide bonds. The van der Waals surface area contributed by atoms with Crippen molar-refractivity contribution in [2.24, 2.45) is 5.41 Å². The Bertz CT molecular complexity index is 1370. The standard InChI is InChI=1S/C26H16F3N3OS/c27-26(28,29)19-9-4-3-8-18(19)21-22(23(33)20-10-5-13-34-20)32-12-11-16-6-1-2-7-17(16)24(32)25(21,14-30)15-31/h1-13,21-22,24H. The van der Waals surface area contributed by atoms with Crippen LogP contribution >= 0.6 is 11.3 Å². The summed E-state index contributed by atoms with van der Waals surface area (Å²) in [7, 11) is 0. The number of carbonyl (C=O) groups excluding carboxylic acids is 1. The Morgan fingerprint density at radius 2 is 1.65 bits per heavy atom. The molecule has 3 unspecified atom stereocenters. The predicted octanol–water partition coefficient (Wildman–Crippen LogP) is 6.18. The number of rotatable bonds is 3. The van der Waals surface area contributed by atoms with Gasteiger partial charge < -0.3 is 4.90 Å². The van der Waals surface area contributed by atoms with E-state index in [1.807, 2.05) is 6.07 Å². The molecule has 1 saturated heterocycles. The maximum atomic E-state index is 14.1. The van der Waals surface area contributed by atoms with Gasteiger partial charge in [0.25, 0.3) is 0 Å². The van der Waals surface area contributed by atoms with E-state index >= 15 is 0 Å². The fourth-order valence-electron chi connectivity index (χ4n) is 5.23. The van der Waals surface area contributed by atoms with Gasteiger partial charge in [0.05, 0.1) is 28.6 Å². The summed E-state index contributed by atoms with van der Waals surface area (Å²) in [5, 5.41) is 22.6. The molecule has 0 saturated carbocycles. The Hall–Kier alpha value is -3.88. The third-order valence-corrected chi connectivity index (χ3v) is 7.46. The lowest BCUT2D eigenvalue weighted by molar-refractivity contribution is -0.138. The van der Waals surface area contributed by atoms with Crippen LogP contribution in [0.5, 0.6) is 0 Å². The maximum Gasteiger partial charge on any atom is 0.416 e. The van der Waals surface area contributed by atoms with Crippen molar-refractivity contribution in [3.63, 3.8) is 0 Å². The monoisotopic (exact) mass is 475 g/mol. The molecule has 3 heterocycles. The highest BCUT2D eigenvalue weighted by molar-refractivity contribution is 7.12. The lowest BCUT2D eigenvalue weighted by atomic mass is 9.67. The normalized spacial score (nSPS) is 22.4. The number of carbonyl (C=O) groups is 1. The van der Waals surface area contributed by atoms with Crippen LogP contribution in [0.15, 0.2) is 72.2 Å². The molecule has 8 heteroatoms. The van der Waals surface area contributed by atoms with E-state index in [1.54, 1.807) is 52.9 Å². The van der Waals surface area contributed by atoms with Gasteiger partial charge in [0.2, 0.25) is 0 Å². The molecule has 0 bridgehead atoms. The Morgan fingerprint density at radius 3 is 2.29 bits per heavy atom. The molecular weight excluding hydrogens is 459 g/mol. The lowest BCUT2D eigenvalue weighted by Crippen LogP contribution is -2.38. The summed E-state index contributed by atoms with van der Waals surface area (Å²) in [4.78, 5) is 15.7. The van der Waals surface area contributed by atoms with Crippen molar-refractivity contribution < 1.29 is 18.0 Å². The molecule has 34 heavy (non-hydrogen) atoms. The number of thiophene rings is 1. The maximum absolute atomic E-state index is 14.1. The smallest absolute Gasteiger partial charge is 0.357 e. The molecule has 2 aromatic carbocycles. The van der Waals surface area contributed by atoms with E-state index in [4.69, 9.17) is 0 Å². The van der Waals surface area contributed by atoms with Crippen molar-refractivity contribution in [3.05, 3.63) is 99.4 Å². The van der Waals surface area contributed by atoms with Crippen molar-refractivity contribution in [1.82, 2.24) is 4.90 Å². The summed E-state index contributed by atoms with van der Waals surface area (Å²) in [6.07, 6.45) is -1.33. The molecule has 1 fully saturated rings. The summed E-state index contributed by atoms with van der Waals surface area (Å²) in [6, 6.07) is 17.4. The number of halogens is 3. The van der Waals surface area contributed by atoms with Gasteiger partial charge in [-0.15, -0.1) is 11.3 Å². The second-order valence-corrected chi connectivity index (χ2v) is 9.18. The van der Waals surface area contributed by atoms with E-state index in [2.05, 4.69) is 12.1 Å². The largest absolute Gasteiger partial charge is 0.416 e. The summed E-state index contributed by atoms with van der Waals surface area (Å²) in [5.41, 5.74) is -1.74. The number of nitrogens with zero attached hydrogens (tertiary/aromatic N) is 3. The van der Waals surface area contributed by atoms with Crippen LogP contribution in [0.3, 0.4) is 0 Å². The van der Waals surface area contributed by atoms with Gasteiger partial charge in [0.1, 0.15) is 6.04 Å². The Morgan fingerprint density at radius 1 is 0.971 bits per heavy atom. The van der Waals surface area contributed by atoms with Gasteiger partial charge in [0, 0.05) is 12.1 Å². The molecule has 2 aliphatic rings. The fourth-order valence-corrected chi connectivity index (χ4v) is 5.93. The molecule has 168 valence electrons. The Balaban J connectivity index is 1.83. The van der Waals surface area contributed by atoms with Crippen LogP contribution in [0.4, 0.5) is 13.2 Å². The van der Waals surface area contributed by atoms with Gasteiger partial charge in [-0.3, -0.25) is 4.79 Å². The van der Waals surface area contributed by atoms with Gasteiger partial charge in [0.15, 0.2) is 11.2 Å². The zero-order valence-corrected chi connectivity index (χ0v) is 18.3. The molecule has 1 aromatic heterocycles. The van der Waals surface area contributed by atoms with E-state index in [9.17, 15) is 28.5 Å². The molecule has 0 spiro atoms. The minimum atomic E-state index is -4.72. The number of nitriles is 2. The number of fused-ring (bicyclic) bond motifs is 3. The highest BCUT2D eigenvalue weighted by Crippen LogP contribution is 2.61. The van der Waals surface area contributed by atoms with E-state index < -0.39 is 40.9 Å². The molecule has 5 rings (SSSR count). The van der Waals surface area contributed by atoms with Crippen LogP contribution in [0.2, 0.25) is 0 Å². The number of benzene rings is 2. The average Bonchev–Trinajstić information content (AvgIpc) is 3.48. The van der Waals surface area contributed by atoms with Crippen molar-refractivity contribution in [2.45, 2.75) is 24.2 Å². The average molecular weight is 475 g/mol. The third kappa shape index (κ3) is 3.07. The van der Waals surface area contributed by atoms with Crippen LogP contribution < -0.4 is 0 Å². The molecule has 0 N–H and O–H groups in total. The number of Topliss-reactive ketones (excluding diaryl/α,β-unsaturated/α-hetero) is 1. The Labute approximate surface area is 197 Å². The van der Waals surface area contributed by atoms with Crippen LogP contribution in [-0.4, -0.2) is 16.7 Å². The second kappa shape index (κ2) is 7.86. The third-order valence-electron chi connectivity index (χ3n) is 6.58. The lowest BCUT2D eigenvalue weighted by Gasteiger charge is -2.34. The number of alkyl halides is 3. The van der Waals surface area contributed by atoms with Gasteiger partial charge in [-0.25, -0.2) is 0 Å². The molecule has 0 radical (unpaired) electrons. The van der Waals surface area contributed by atoms with Gasteiger partial charge in [-0.2, -0.15) is 23.7 Å². The molecule has 4 nitrogen and oxygen atoms in total. The Kier molecular flexibility index (Phi) is 5.07. The highest BCUT2D eigenvalue weighted by atomic mass is 32.1. The molecule has 0 aliphatic carbocycles. The van der Waals surface area contributed by atoms with Crippen molar-refractivity contribution in [2.75, 3.05) is 0 Å². The minimum Gasteiger partial charge on any atom is -0.357 e. The zero-order valence-electron chi connectivity index (χ0n) is 17.5. The first-order valence-electron chi connectivity index (χ1n) is 10.4. The first-order valence-corrected chi connectivity index (χ1v) is 11.3. The van der Waals surface area contributed by atoms with Gasteiger partial charge >= 0.3 is 6.18 Å². The fraction of sp³-hybridized carbons (Fsp3) is 0.192. The van der Waals surface area contributed by atoms with Gasteiger partial charge in [-0.05, 0) is 40.3 Å². The summed E-state index contributed by atoms with van der Waals surface area (Å²) in [5.74, 6) is -1.76. The molecule has 2 aliphatic heterocycles. The van der Waals surface area contributed by atoms with Gasteiger partial charge in [-0.1, -0.05) is 48.5 Å². The van der Waals surface area contributed by atoms with Crippen LogP contribution in [-0.2, 0) is 6.18 Å². The molecule has 3 atom stereocenters. The summed E-state index contributed by atoms with van der Waals surface area (Å²) < 4.78 is 42.3. The van der Waals surface area contributed by atoms with E-state index in [1.165, 1.54) is 29.5 Å². The molecule has 3 aromatic rings. The van der Waals surface area contributed by atoms with Crippen LogP contribution in [0, 0.1) is 28.1 Å².